The lowest BCUT2D eigenvalue weighted by molar-refractivity contribution is -0.147. The smallest absolute Gasteiger partial charge is 0.416 e. The van der Waals surface area contributed by atoms with Crippen LogP contribution in [0.25, 0.3) is 0 Å². The average Bonchev–Trinajstić information content (AvgIpc) is 3.29. The third-order valence-corrected chi connectivity index (χ3v) is 6.56. The molecule has 1 aromatic heterocycles. The molecule has 186 valence electrons. The minimum Gasteiger partial charge on any atom is -0.475 e. The highest BCUT2D eigenvalue weighted by molar-refractivity contribution is 5.90. The molecule has 36 heavy (non-hydrogen) atoms. The quantitative estimate of drug-likeness (QED) is 0.232. The van der Waals surface area contributed by atoms with E-state index in [1.165, 1.54) is 6.07 Å². The Morgan fingerprint density at radius 1 is 1.03 bits per heavy atom. The Morgan fingerprint density at radius 3 is 2.31 bits per heavy atom. The van der Waals surface area contributed by atoms with Crippen molar-refractivity contribution in [2.45, 2.75) is 25.6 Å². The summed E-state index contributed by atoms with van der Waals surface area (Å²) in [7, 11) is 1.14. The van der Waals surface area contributed by atoms with Crippen LogP contribution in [-0.2, 0) is 21.3 Å². The normalized spacial score (nSPS) is 22.3. The fraction of sp³-hybridized carbons (Fsp3) is 0.259. The monoisotopic (exact) mass is 499 g/mol. The van der Waals surface area contributed by atoms with Gasteiger partial charge in [0.05, 0.1) is 18.4 Å². The van der Waals surface area contributed by atoms with Gasteiger partial charge >= 0.3 is 12.1 Å². The summed E-state index contributed by atoms with van der Waals surface area (Å²) in [6.45, 7) is 3.22. The van der Waals surface area contributed by atoms with E-state index < -0.39 is 45.7 Å². The maximum Gasteiger partial charge on any atom is 0.416 e. The molecule has 5 nitrogen and oxygen atoms in total. The number of hydrogen-bond acceptors (Lipinski definition) is 5. The first-order valence-corrected chi connectivity index (χ1v) is 10.8. The summed E-state index contributed by atoms with van der Waals surface area (Å²) in [5.41, 5.74) is -5.86. The molecule has 2 atom stereocenters. The molecule has 2 unspecified atom stereocenters. The molecule has 0 spiro atoms. The van der Waals surface area contributed by atoms with E-state index in [2.05, 4.69) is 10.9 Å². The van der Waals surface area contributed by atoms with Crippen LogP contribution < -0.4 is 9.47 Å². The summed E-state index contributed by atoms with van der Waals surface area (Å²) in [5, 5.41) is 0. The molecule has 0 saturated heterocycles. The number of terminal acetylenes is 1. The third kappa shape index (κ3) is 3.56. The van der Waals surface area contributed by atoms with E-state index in [1.54, 1.807) is 50.2 Å². The second kappa shape index (κ2) is 8.55. The number of alkyl halides is 3. The van der Waals surface area contributed by atoms with Crippen LogP contribution in [0.5, 0.6) is 17.4 Å². The zero-order chi connectivity index (χ0) is 26.4. The fourth-order valence-corrected chi connectivity index (χ4v) is 4.70. The topological polar surface area (TPSA) is 57.7 Å². The van der Waals surface area contributed by atoms with E-state index in [1.807, 2.05) is 6.07 Å². The zero-order valence-corrected chi connectivity index (χ0v) is 19.5. The van der Waals surface area contributed by atoms with Gasteiger partial charge in [-0.15, -0.1) is 6.42 Å². The molecule has 1 saturated carbocycles. The number of esters is 1. The number of pyridine rings is 1. The van der Waals surface area contributed by atoms with Crippen LogP contribution in [0.3, 0.4) is 0 Å². The third-order valence-electron chi connectivity index (χ3n) is 6.56. The molecule has 1 heterocycles. The summed E-state index contributed by atoms with van der Waals surface area (Å²) in [5.74, 6) is 0.413. The number of aromatic nitrogens is 1. The van der Waals surface area contributed by atoms with E-state index in [-0.39, 0.29) is 11.6 Å². The first kappa shape index (κ1) is 25.0. The maximum absolute atomic E-state index is 14.9. The van der Waals surface area contributed by atoms with Gasteiger partial charge in [0.1, 0.15) is 5.75 Å². The molecule has 1 aliphatic carbocycles. The summed E-state index contributed by atoms with van der Waals surface area (Å²) >= 11 is 0. The van der Waals surface area contributed by atoms with Crippen molar-refractivity contribution in [1.29, 1.82) is 0 Å². The van der Waals surface area contributed by atoms with E-state index in [0.717, 1.165) is 13.2 Å². The number of halogens is 4. The summed E-state index contributed by atoms with van der Waals surface area (Å²) in [6.07, 6.45) is 1.08. The fourth-order valence-electron chi connectivity index (χ4n) is 4.70. The lowest BCUT2D eigenvalue weighted by Gasteiger charge is -2.24. The molecule has 0 aliphatic heterocycles. The van der Waals surface area contributed by atoms with Crippen LogP contribution >= 0.6 is 0 Å². The Morgan fingerprint density at radius 2 is 1.72 bits per heavy atom. The van der Waals surface area contributed by atoms with Crippen LogP contribution in [0.2, 0.25) is 0 Å². The van der Waals surface area contributed by atoms with Gasteiger partial charge in [0, 0.05) is 11.5 Å². The van der Waals surface area contributed by atoms with E-state index in [4.69, 9.17) is 20.6 Å². The van der Waals surface area contributed by atoms with Crippen molar-refractivity contribution in [3.63, 3.8) is 0 Å². The van der Waals surface area contributed by atoms with Crippen molar-refractivity contribution in [2.75, 3.05) is 7.11 Å². The molecule has 4 rings (SSSR count). The molecule has 9 heteroatoms. The number of rotatable bonds is 6. The van der Waals surface area contributed by atoms with Crippen molar-refractivity contribution in [3.8, 4) is 29.7 Å². The standard InChI is InChI=1S/C27H21F4NO4/c1-5-25(23(33)34-4)24(2,3)26(25,36-20-15-14-17(16-19(20)28)27(29,30)31)21-12-9-13-22(32-21)35-18-10-7-6-8-11-18/h1,6-16H,2-4H3. The molecule has 0 amide bonds. The molecular weight excluding hydrogens is 478 g/mol. The number of benzene rings is 2. The highest BCUT2D eigenvalue weighted by atomic mass is 19.4. The van der Waals surface area contributed by atoms with Gasteiger partial charge in [-0.25, -0.2) is 9.37 Å². The lowest BCUT2D eigenvalue weighted by atomic mass is 9.97. The summed E-state index contributed by atoms with van der Waals surface area (Å²) in [4.78, 5) is 17.5. The largest absolute Gasteiger partial charge is 0.475 e. The van der Waals surface area contributed by atoms with Gasteiger partial charge in [-0.1, -0.05) is 44.0 Å². The van der Waals surface area contributed by atoms with Gasteiger partial charge in [-0.2, -0.15) is 13.2 Å². The van der Waals surface area contributed by atoms with Crippen LogP contribution in [0, 0.1) is 29.0 Å². The number of nitrogens with zero attached hydrogens (tertiary/aromatic N) is 1. The van der Waals surface area contributed by atoms with E-state index >= 15 is 0 Å². The van der Waals surface area contributed by atoms with Gasteiger partial charge in [-0.05, 0) is 36.4 Å². The van der Waals surface area contributed by atoms with Gasteiger partial charge in [0.15, 0.2) is 22.6 Å². The highest BCUT2D eigenvalue weighted by Gasteiger charge is 2.91. The van der Waals surface area contributed by atoms with E-state index in [9.17, 15) is 22.4 Å². The molecule has 0 bridgehead atoms. The first-order valence-electron chi connectivity index (χ1n) is 10.8. The van der Waals surface area contributed by atoms with Crippen molar-refractivity contribution in [1.82, 2.24) is 4.98 Å². The van der Waals surface area contributed by atoms with Crippen molar-refractivity contribution >= 4 is 5.97 Å². The van der Waals surface area contributed by atoms with Gasteiger partial charge in [0.2, 0.25) is 5.88 Å². The van der Waals surface area contributed by atoms with Gasteiger partial charge in [-0.3, -0.25) is 4.79 Å². The average molecular weight is 499 g/mol. The zero-order valence-electron chi connectivity index (χ0n) is 19.5. The van der Waals surface area contributed by atoms with Gasteiger partial charge < -0.3 is 14.2 Å². The predicted molar refractivity (Wildman–Crippen MR) is 122 cm³/mol. The number of ether oxygens (including phenoxy) is 3. The Hall–Kier alpha value is -4.06. The van der Waals surface area contributed by atoms with E-state index in [0.29, 0.717) is 17.9 Å². The molecule has 0 radical (unpaired) electrons. The molecular formula is C27H21F4NO4. The lowest BCUT2D eigenvalue weighted by Crippen LogP contribution is -2.32. The van der Waals surface area contributed by atoms with Crippen molar-refractivity contribution < 1.29 is 36.6 Å². The first-order chi connectivity index (χ1) is 16.9. The molecule has 3 aromatic rings. The second-order valence-electron chi connectivity index (χ2n) is 8.71. The number of carbonyl (C=O) groups excluding carboxylic acids is 1. The number of para-hydroxylation sites is 1. The Balaban J connectivity index is 1.86. The number of methoxy groups -OCH3 is 1. The van der Waals surface area contributed by atoms with Crippen LogP contribution in [0.1, 0.15) is 25.1 Å². The van der Waals surface area contributed by atoms with Crippen molar-refractivity contribution in [2.24, 2.45) is 10.8 Å². The Bertz CT molecular complexity index is 1350. The van der Waals surface area contributed by atoms with Crippen LogP contribution in [0.15, 0.2) is 66.7 Å². The molecule has 2 aromatic carbocycles. The second-order valence-corrected chi connectivity index (χ2v) is 8.71. The maximum atomic E-state index is 14.9. The Kier molecular flexibility index (Phi) is 5.95. The minimum absolute atomic E-state index is 0.114. The minimum atomic E-state index is -4.75. The van der Waals surface area contributed by atoms with Crippen molar-refractivity contribution in [3.05, 3.63) is 83.8 Å². The molecule has 1 aliphatic rings. The van der Waals surface area contributed by atoms with Crippen LogP contribution in [0.4, 0.5) is 17.6 Å². The Labute approximate surface area is 205 Å². The van der Waals surface area contributed by atoms with Gasteiger partial charge in [0.25, 0.3) is 0 Å². The number of hydrogen-bond donors (Lipinski definition) is 0. The molecule has 1 fully saturated rings. The number of carbonyl (C=O) groups is 1. The summed E-state index contributed by atoms with van der Waals surface area (Å²) < 4.78 is 70.9. The summed E-state index contributed by atoms with van der Waals surface area (Å²) in [6, 6.07) is 15.3. The predicted octanol–water partition coefficient (Wildman–Crippen LogP) is 6.14. The molecule has 0 N–H and O–H groups in total. The SMILES string of the molecule is C#CC1(C(=O)OC)C(C)(C)C1(Oc1ccc(C(F)(F)F)cc1F)c1cccc(Oc2ccccc2)n1. The van der Waals surface area contributed by atoms with Crippen LogP contribution in [-0.4, -0.2) is 18.1 Å². The highest BCUT2D eigenvalue weighted by Crippen LogP contribution is 2.78.